The molecule has 1 aliphatic heterocycles. The third-order valence-electron chi connectivity index (χ3n) is 5.83. The molecule has 34 heavy (non-hydrogen) atoms. The molecule has 0 fully saturated rings. The summed E-state index contributed by atoms with van der Waals surface area (Å²) in [6.45, 7) is 4.52. The number of ether oxygens (including phenoxy) is 1. The number of fused-ring (bicyclic) bond motifs is 1. The lowest BCUT2D eigenvalue weighted by molar-refractivity contribution is 0.0948. The Hall–Kier alpha value is -3.44. The molecule has 1 amide bonds. The van der Waals surface area contributed by atoms with E-state index in [1.807, 2.05) is 36.4 Å². The van der Waals surface area contributed by atoms with Crippen LogP contribution in [0.5, 0.6) is 5.75 Å². The summed E-state index contributed by atoms with van der Waals surface area (Å²) in [5, 5.41) is 3.50. The summed E-state index contributed by atoms with van der Waals surface area (Å²) in [6, 6.07) is 20.0. The highest BCUT2D eigenvalue weighted by Crippen LogP contribution is 2.31. The highest BCUT2D eigenvalue weighted by molar-refractivity contribution is 6.30. The first kappa shape index (κ1) is 23.7. The molecule has 3 aromatic carbocycles. The van der Waals surface area contributed by atoms with Gasteiger partial charge in [0.1, 0.15) is 5.75 Å². The Balaban J connectivity index is 1.45. The number of nitrogens with zero attached hydrogens (tertiary/aromatic N) is 1. The summed E-state index contributed by atoms with van der Waals surface area (Å²) < 4.78 is 5.38. The van der Waals surface area contributed by atoms with Crippen molar-refractivity contribution < 1.29 is 14.3 Å². The number of Topliss-reactive ketones (excluding diaryl/α,β-unsaturated/α-hetero) is 1. The molecule has 3 aromatic rings. The molecule has 0 aliphatic carbocycles. The minimum Gasteiger partial charge on any atom is -0.497 e. The predicted octanol–water partition coefficient (Wildman–Crippen LogP) is 5.68. The van der Waals surface area contributed by atoms with Crippen molar-refractivity contribution in [3.63, 3.8) is 0 Å². The maximum Gasteiger partial charge on any atom is 0.251 e. The Morgan fingerprint density at radius 2 is 1.76 bits per heavy atom. The van der Waals surface area contributed by atoms with Gasteiger partial charge in [0.25, 0.3) is 5.91 Å². The van der Waals surface area contributed by atoms with Gasteiger partial charge in [-0.05, 0) is 67.8 Å². The highest BCUT2D eigenvalue weighted by atomic mass is 35.5. The van der Waals surface area contributed by atoms with Gasteiger partial charge in [-0.2, -0.15) is 0 Å². The van der Waals surface area contributed by atoms with Crippen LogP contribution in [0.2, 0.25) is 5.02 Å². The molecule has 4 rings (SSSR count). The second-order valence-corrected chi connectivity index (χ2v) is 9.50. The van der Waals surface area contributed by atoms with Crippen LogP contribution >= 0.6 is 11.6 Å². The number of amides is 1. The number of halogens is 1. The molecule has 1 heterocycles. The number of methoxy groups -OCH3 is 1. The molecule has 0 spiro atoms. The number of carbonyl (C=O) groups is 2. The molecule has 1 aliphatic rings. The Morgan fingerprint density at radius 1 is 1.03 bits per heavy atom. The number of hydrogen-bond donors (Lipinski definition) is 1. The van der Waals surface area contributed by atoms with Crippen molar-refractivity contribution in [1.82, 2.24) is 5.32 Å². The predicted molar refractivity (Wildman–Crippen MR) is 135 cm³/mol. The zero-order valence-electron chi connectivity index (χ0n) is 19.5. The maximum absolute atomic E-state index is 13.1. The van der Waals surface area contributed by atoms with E-state index in [0.29, 0.717) is 22.7 Å². The largest absolute Gasteiger partial charge is 0.497 e. The third kappa shape index (κ3) is 5.54. The normalized spacial score (nSPS) is 14.1. The lowest BCUT2D eigenvalue weighted by Gasteiger charge is -2.29. The van der Waals surface area contributed by atoms with Crippen LogP contribution in [0.3, 0.4) is 0 Å². The molecular weight excluding hydrogens is 448 g/mol. The number of rotatable bonds is 7. The van der Waals surface area contributed by atoms with Crippen LogP contribution in [-0.2, 0) is 13.0 Å². The van der Waals surface area contributed by atoms with Gasteiger partial charge in [-0.1, -0.05) is 41.9 Å². The molecule has 5 nitrogen and oxygen atoms in total. The van der Waals surface area contributed by atoms with Crippen LogP contribution < -0.4 is 10.1 Å². The first-order valence-corrected chi connectivity index (χ1v) is 11.5. The zero-order chi connectivity index (χ0) is 24.3. The molecule has 0 saturated heterocycles. The number of benzene rings is 3. The molecule has 0 saturated carbocycles. The minimum atomic E-state index is -0.276. The van der Waals surface area contributed by atoms with Crippen molar-refractivity contribution >= 4 is 29.0 Å². The molecule has 6 heteroatoms. The first-order valence-electron chi connectivity index (χ1n) is 11.2. The molecular formula is C28H27ClN2O3. The van der Waals surface area contributed by atoms with Gasteiger partial charge in [0.15, 0.2) is 5.78 Å². The van der Waals surface area contributed by atoms with Crippen LogP contribution in [0.25, 0.3) is 0 Å². The van der Waals surface area contributed by atoms with Gasteiger partial charge < -0.3 is 10.1 Å². The third-order valence-corrected chi connectivity index (χ3v) is 6.06. The van der Waals surface area contributed by atoms with Crippen molar-refractivity contribution in [3.8, 4) is 5.75 Å². The second kappa shape index (κ2) is 9.82. The fraction of sp³-hybridized carbons (Fsp3) is 0.250. The molecule has 1 N–H and O–H groups in total. The summed E-state index contributed by atoms with van der Waals surface area (Å²) >= 11 is 5.99. The van der Waals surface area contributed by atoms with E-state index in [0.717, 1.165) is 34.6 Å². The van der Waals surface area contributed by atoms with Crippen LogP contribution in [0.4, 0.5) is 0 Å². The maximum atomic E-state index is 13.1. The van der Waals surface area contributed by atoms with E-state index in [2.05, 4.69) is 19.2 Å². The van der Waals surface area contributed by atoms with E-state index in [1.165, 1.54) is 0 Å². The average molecular weight is 475 g/mol. The number of hydrogen-bond acceptors (Lipinski definition) is 4. The van der Waals surface area contributed by atoms with E-state index in [1.54, 1.807) is 37.4 Å². The standard InChI is InChI=1S/C28H27ClN2O3/c1-28(2)16-21-11-12-23(34-3)14-24(21)25(31-28)15-26(32)19-7-9-20(10-8-19)27(33)30-17-18-5-4-6-22(29)13-18/h4-14H,15-17H2,1-3H3,(H,30,33). The second-order valence-electron chi connectivity index (χ2n) is 9.06. The molecule has 0 aromatic heterocycles. The van der Waals surface area contributed by atoms with Crippen LogP contribution in [0, 0.1) is 0 Å². The van der Waals surface area contributed by atoms with Crippen LogP contribution in [0.1, 0.15) is 57.7 Å². The Morgan fingerprint density at radius 3 is 2.47 bits per heavy atom. The topological polar surface area (TPSA) is 67.8 Å². The quantitative estimate of drug-likeness (QED) is 0.448. The Bertz CT molecular complexity index is 1260. The summed E-state index contributed by atoms with van der Waals surface area (Å²) in [6.07, 6.45) is 0.993. The summed E-state index contributed by atoms with van der Waals surface area (Å²) in [7, 11) is 1.63. The average Bonchev–Trinajstić information content (AvgIpc) is 2.82. The fourth-order valence-corrected chi connectivity index (χ4v) is 4.38. The lowest BCUT2D eigenvalue weighted by Crippen LogP contribution is -2.30. The van der Waals surface area contributed by atoms with E-state index in [-0.39, 0.29) is 23.7 Å². The van der Waals surface area contributed by atoms with Gasteiger partial charge >= 0.3 is 0 Å². The van der Waals surface area contributed by atoms with E-state index in [4.69, 9.17) is 21.3 Å². The van der Waals surface area contributed by atoms with Crippen molar-refractivity contribution in [1.29, 1.82) is 0 Å². The molecule has 0 bridgehead atoms. The van der Waals surface area contributed by atoms with Crippen LogP contribution in [0.15, 0.2) is 71.7 Å². The first-order chi connectivity index (χ1) is 16.2. The van der Waals surface area contributed by atoms with E-state index < -0.39 is 0 Å². The number of aliphatic imine (C=N–C) groups is 1. The zero-order valence-corrected chi connectivity index (χ0v) is 20.3. The van der Waals surface area contributed by atoms with Crippen molar-refractivity contribution in [2.24, 2.45) is 4.99 Å². The number of nitrogens with one attached hydrogen (secondary N) is 1. The monoisotopic (exact) mass is 474 g/mol. The van der Waals surface area contributed by atoms with Crippen LogP contribution in [-0.4, -0.2) is 30.1 Å². The minimum absolute atomic E-state index is 0.0453. The summed E-state index contributed by atoms with van der Waals surface area (Å²) in [5.41, 5.74) is 4.56. The molecule has 0 unspecified atom stereocenters. The van der Waals surface area contributed by atoms with Gasteiger partial charge in [0.2, 0.25) is 0 Å². The van der Waals surface area contributed by atoms with Gasteiger partial charge in [-0.3, -0.25) is 14.6 Å². The fourth-order valence-electron chi connectivity index (χ4n) is 4.16. The molecule has 174 valence electrons. The highest BCUT2D eigenvalue weighted by Gasteiger charge is 2.28. The van der Waals surface area contributed by atoms with Crippen molar-refractivity contribution in [2.45, 2.75) is 38.8 Å². The van der Waals surface area contributed by atoms with Crippen molar-refractivity contribution in [2.75, 3.05) is 7.11 Å². The van der Waals surface area contributed by atoms with E-state index in [9.17, 15) is 9.59 Å². The Kier molecular flexibility index (Phi) is 6.85. The molecule has 0 radical (unpaired) electrons. The summed E-state index contributed by atoms with van der Waals surface area (Å²) in [4.78, 5) is 30.5. The SMILES string of the molecule is COc1ccc2c(c1)C(CC(=O)c1ccc(C(=O)NCc3cccc(Cl)c3)cc1)=NC(C)(C)C2. The molecule has 0 atom stereocenters. The smallest absolute Gasteiger partial charge is 0.251 e. The van der Waals surface area contributed by atoms with E-state index >= 15 is 0 Å². The van der Waals surface area contributed by atoms with Gasteiger partial charge in [-0.25, -0.2) is 0 Å². The van der Waals surface area contributed by atoms with Crippen molar-refractivity contribution in [3.05, 3.63) is 99.6 Å². The Labute approximate surface area is 204 Å². The number of carbonyl (C=O) groups excluding carboxylic acids is 2. The lowest BCUT2D eigenvalue weighted by atomic mass is 9.85. The number of ketones is 1. The van der Waals surface area contributed by atoms with Gasteiger partial charge in [0, 0.05) is 28.3 Å². The van der Waals surface area contributed by atoms with Gasteiger partial charge in [0.05, 0.1) is 24.8 Å². The van der Waals surface area contributed by atoms with Gasteiger partial charge in [-0.15, -0.1) is 0 Å². The summed E-state index contributed by atoms with van der Waals surface area (Å²) in [5.74, 6) is 0.487.